The van der Waals surface area contributed by atoms with Crippen LogP contribution in [0.5, 0.6) is 0 Å². The van der Waals surface area contributed by atoms with Crippen molar-refractivity contribution in [2.24, 2.45) is 11.7 Å². The van der Waals surface area contributed by atoms with Crippen molar-refractivity contribution in [1.82, 2.24) is 4.90 Å². The van der Waals surface area contributed by atoms with Gasteiger partial charge in [0, 0.05) is 12.6 Å². The lowest BCUT2D eigenvalue weighted by molar-refractivity contribution is -0.149. The van der Waals surface area contributed by atoms with Gasteiger partial charge in [-0.15, -0.1) is 0 Å². The molecule has 0 radical (unpaired) electrons. The smallest absolute Gasteiger partial charge is 0.327 e. The van der Waals surface area contributed by atoms with Crippen molar-refractivity contribution < 1.29 is 9.53 Å². The summed E-state index contributed by atoms with van der Waals surface area (Å²) in [5.41, 5.74) is 5.18. The van der Waals surface area contributed by atoms with Crippen molar-refractivity contribution in [3.63, 3.8) is 0 Å². The number of ether oxygens (including phenoxy) is 1. The molecular formula is C13H26N2O2. The minimum atomic E-state index is -0.895. The molecule has 0 aromatic heterocycles. The Hall–Kier alpha value is -0.610. The molecule has 1 heterocycles. The molecule has 100 valence electrons. The van der Waals surface area contributed by atoms with Crippen molar-refractivity contribution in [2.45, 2.75) is 52.1 Å². The lowest BCUT2D eigenvalue weighted by atomic mass is 9.98. The molecule has 2 atom stereocenters. The number of hydrogen-bond donors (Lipinski definition) is 1. The van der Waals surface area contributed by atoms with Gasteiger partial charge in [0.1, 0.15) is 5.54 Å². The number of nitrogens with two attached hydrogens (primary N) is 1. The Kier molecular flexibility index (Phi) is 4.95. The first kappa shape index (κ1) is 14.5. The number of esters is 1. The summed E-state index contributed by atoms with van der Waals surface area (Å²) >= 11 is 0. The molecule has 0 aromatic rings. The van der Waals surface area contributed by atoms with Crippen LogP contribution < -0.4 is 5.73 Å². The van der Waals surface area contributed by atoms with Crippen LogP contribution in [0, 0.1) is 5.92 Å². The topological polar surface area (TPSA) is 55.6 Å². The lowest BCUT2D eigenvalue weighted by Gasteiger charge is -2.33. The summed E-state index contributed by atoms with van der Waals surface area (Å²) < 4.78 is 5.02. The average molecular weight is 242 g/mol. The van der Waals surface area contributed by atoms with Gasteiger partial charge < -0.3 is 10.5 Å². The van der Waals surface area contributed by atoms with E-state index in [9.17, 15) is 4.79 Å². The van der Waals surface area contributed by atoms with Gasteiger partial charge >= 0.3 is 5.97 Å². The molecule has 1 fully saturated rings. The van der Waals surface area contributed by atoms with Gasteiger partial charge in [0.15, 0.2) is 0 Å². The number of nitrogens with zero attached hydrogens (tertiary/aromatic N) is 1. The molecule has 0 saturated carbocycles. The molecular weight excluding hydrogens is 216 g/mol. The fourth-order valence-electron chi connectivity index (χ4n) is 2.59. The van der Waals surface area contributed by atoms with E-state index in [-0.39, 0.29) is 5.97 Å². The first-order valence-electron chi connectivity index (χ1n) is 6.58. The van der Waals surface area contributed by atoms with Gasteiger partial charge in [0.2, 0.25) is 0 Å². The van der Waals surface area contributed by atoms with Crippen molar-refractivity contribution >= 4 is 5.97 Å². The van der Waals surface area contributed by atoms with Gasteiger partial charge in [-0.2, -0.15) is 0 Å². The quantitative estimate of drug-likeness (QED) is 0.740. The molecule has 0 aromatic carbocycles. The number of carbonyl (C=O) groups excluding carboxylic acids is 1. The molecule has 0 spiro atoms. The van der Waals surface area contributed by atoms with Crippen molar-refractivity contribution in [3.8, 4) is 0 Å². The van der Waals surface area contributed by atoms with Crippen molar-refractivity contribution in [3.05, 3.63) is 0 Å². The van der Waals surface area contributed by atoms with Crippen LogP contribution in [0.25, 0.3) is 0 Å². The normalized spacial score (nSPS) is 24.9. The summed E-state index contributed by atoms with van der Waals surface area (Å²) in [4.78, 5) is 14.1. The molecule has 0 amide bonds. The van der Waals surface area contributed by atoms with Crippen LogP contribution in [0.2, 0.25) is 0 Å². The van der Waals surface area contributed by atoms with Gasteiger partial charge in [-0.05, 0) is 39.2 Å². The van der Waals surface area contributed by atoms with E-state index in [1.54, 1.807) is 13.8 Å². The predicted octanol–water partition coefficient (Wildman–Crippen LogP) is 1.39. The highest BCUT2D eigenvalue weighted by Crippen LogP contribution is 2.25. The van der Waals surface area contributed by atoms with Crippen molar-refractivity contribution in [2.75, 3.05) is 19.7 Å². The van der Waals surface area contributed by atoms with E-state index in [0.717, 1.165) is 6.54 Å². The Morgan fingerprint density at radius 2 is 2.24 bits per heavy atom. The maximum absolute atomic E-state index is 11.8. The second-order valence-corrected chi connectivity index (χ2v) is 5.56. The van der Waals surface area contributed by atoms with Crippen LogP contribution in [0.15, 0.2) is 0 Å². The standard InChI is InChI=1S/C13H26N2O2/c1-5-17-12(16)13(4,14)9-15-8-6-7-11(15)10(2)3/h10-11H,5-9,14H2,1-4H3. The van der Waals surface area contributed by atoms with Gasteiger partial charge in [0.05, 0.1) is 6.61 Å². The average Bonchev–Trinajstić information content (AvgIpc) is 2.65. The number of hydrogen-bond acceptors (Lipinski definition) is 4. The molecule has 1 aliphatic rings. The maximum Gasteiger partial charge on any atom is 0.327 e. The minimum Gasteiger partial charge on any atom is -0.465 e. The zero-order valence-electron chi connectivity index (χ0n) is 11.5. The largest absolute Gasteiger partial charge is 0.465 e. The third-order valence-corrected chi connectivity index (χ3v) is 3.46. The van der Waals surface area contributed by atoms with Gasteiger partial charge in [-0.3, -0.25) is 9.69 Å². The lowest BCUT2D eigenvalue weighted by Crippen LogP contribution is -2.56. The Labute approximate surface area is 104 Å². The Morgan fingerprint density at radius 1 is 1.59 bits per heavy atom. The first-order chi connectivity index (χ1) is 7.88. The van der Waals surface area contributed by atoms with E-state index in [0.29, 0.717) is 25.1 Å². The summed E-state index contributed by atoms with van der Waals surface area (Å²) in [6.45, 7) is 10.0. The van der Waals surface area contributed by atoms with Crippen molar-refractivity contribution in [1.29, 1.82) is 0 Å². The van der Waals surface area contributed by atoms with Crippen LogP contribution >= 0.6 is 0 Å². The molecule has 1 saturated heterocycles. The van der Waals surface area contributed by atoms with Gasteiger partial charge in [-0.25, -0.2) is 0 Å². The van der Waals surface area contributed by atoms with Crippen LogP contribution in [0.4, 0.5) is 0 Å². The Morgan fingerprint density at radius 3 is 2.76 bits per heavy atom. The Balaban J connectivity index is 2.60. The van der Waals surface area contributed by atoms with Crippen LogP contribution in [-0.4, -0.2) is 42.1 Å². The molecule has 4 heteroatoms. The molecule has 2 N–H and O–H groups in total. The Bertz CT molecular complexity index is 264. The van der Waals surface area contributed by atoms with Crippen LogP contribution in [0.3, 0.4) is 0 Å². The zero-order chi connectivity index (χ0) is 13.1. The highest BCUT2D eigenvalue weighted by molar-refractivity contribution is 5.80. The fraction of sp³-hybridized carbons (Fsp3) is 0.923. The monoisotopic (exact) mass is 242 g/mol. The molecule has 1 aliphatic heterocycles. The summed E-state index contributed by atoms with van der Waals surface area (Å²) in [5.74, 6) is 0.310. The molecule has 17 heavy (non-hydrogen) atoms. The highest BCUT2D eigenvalue weighted by Gasteiger charge is 2.37. The molecule has 0 aliphatic carbocycles. The summed E-state index contributed by atoms with van der Waals surface area (Å²) in [7, 11) is 0. The number of rotatable bonds is 5. The maximum atomic E-state index is 11.8. The minimum absolute atomic E-state index is 0.297. The van der Waals surface area contributed by atoms with E-state index < -0.39 is 5.54 Å². The summed E-state index contributed by atoms with van der Waals surface area (Å²) in [6.07, 6.45) is 2.40. The zero-order valence-corrected chi connectivity index (χ0v) is 11.5. The number of carbonyl (C=O) groups is 1. The SMILES string of the molecule is CCOC(=O)C(C)(N)CN1CCCC1C(C)C. The molecule has 1 rings (SSSR count). The van der Waals surface area contributed by atoms with E-state index in [1.165, 1.54) is 12.8 Å². The molecule has 4 nitrogen and oxygen atoms in total. The molecule has 2 unspecified atom stereocenters. The van der Waals surface area contributed by atoms with E-state index in [1.807, 2.05) is 0 Å². The second-order valence-electron chi connectivity index (χ2n) is 5.56. The highest BCUT2D eigenvalue weighted by atomic mass is 16.5. The fourth-order valence-corrected chi connectivity index (χ4v) is 2.59. The third kappa shape index (κ3) is 3.68. The van der Waals surface area contributed by atoms with Crippen LogP contribution in [-0.2, 0) is 9.53 Å². The van der Waals surface area contributed by atoms with Crippen LogP contribution in [0.1, 0.15) is 40.5 Å². The van der Waals surface area contributed by atoms with E-state index in [2.05, 4.69) is 18.7 Å². The first-order valence-corrected chi connectivity index (χ1v) is 6.58. The van der Waals surface area contributed by atoms with Gasteiger partial charge in [-0.1, -0.05) is 13.8 Å². The number of likely N-dealkylation sites (tertiary alicyclic amines) is 1. The molecule has 0 bridgehead atoms. The van der Waals surface area contributed by atoms with E-state index >= 15 is 0 Å². The van der Waals surface area contributed by atoms with E-state index in [4.69, 9.17) is 10.5 Å². The second kappa shape index (κ2) is 5.83. The van der Waals surface area contributed by atoms with Gasteiger partial charge in [0.25, 0.3) is 0 Å². The summed E-state index contributed by atoms with van der Waals surface area (Å²) in [6, 6.07) is 0.548. The summed E-state index contributed by atoms with van der Waals surface area (Å²) in [5, 5.41) is 0. The predicted molar refractivity (Wildman–Crippen MR) is 68.7 cm³/mol. The third-order valence-electron chi connectivity index (χ3n) is 3.46.